The maximum absolute atomic E-state index is 13.5. The minimum Gasteiger partial charge on any atom is -0.507 e. The van der Waals surface area contributed by atoms with Crippen LogP contribution in [0, 0.1) is 5.82 Å². The van der Waals surface area contributed by atoms with Gasteiger partial charge >= 0.3 is 0 Å². The molecule has 6 heteroatoms. The third-order valence-corrected chi connectivity index (χ3v) is 2.63. The molecule has 1 aromatic heterocycles. The van der Waals surface area contributed by atoms with E-state index < -0.39 is 5.82 Å². The SMILES string of the molecule is Nc1[nH]ncc1-c1cc(Br)c(O)cc1F. The molecule has 0 saturated carbocycles. The number of phenolic OH excluding ortho intramolecular Hbond substituents is 1. The lowest BCUT2D eigenvalue weighted by Gasteiger charge is -2.04. The highest BCUT2D eigenvalue weighted by Gasteiger charge is 2.12. The number of phenols is 1. The van der Waals surface area contributed by atoms with Crippen LogP contribution in [0.3, 0.4) is 0 Å². The van der Waals surface area contributed by atoms with Crippen molar-refractivity contribution in [3.8, 4) is 16.9 Å². The van der Waals surface area contributed by atoms with Crippen LogP contribution in [0.5, 0.6) is 5.75 Å². The molecule has 0 bridgehead atoms. The standard InChI is InChI=1S/C9H7BrFN3O/c10-6-1-4(7(11)2-8(6)15)5-3-13-14-9(5)12/h1-3,15H,(H3,12,13,14). The van der Waals surface area contributed by atoms with Crippen LogP contribution in [0.25, 0.3) is 11.1 Å². The molecule has 15 heavy (non-hydrogen) atoms. The number of aromatic amines is 1. The van der Waals surface area contributed by atoms with Crippen LogP contribution in [0.1, 0.15) is 0 Å². The second kappa shape index (κ2) is 3.54. The van der Waals surface area contributed by atoms with Crippen LogP contribution in [-0.4, -0.2) is 15.3 Å². The molecular formula is C9H7BrFN3O. The molecule has 0 aliphatic rings. The number of halogens is 2. The lowest BCUT2D eigenvalue weighted by Crippen LogP contribution is -1.90. The first-order valence-corrected chi connectivity index (χ1v) is 4.86. The van der Waals surface area contributed by atoms with E-state index in [0.717, 1.165) is 6.07 Å². The number of rotatable bonds is 1. The fourth-order valence-electron chi connectivity index (χ4n) is 1.25. The second-order valence-corrected chi connectivity index (χ2v) is 3.84. The molecule has 1 aromatic carbocycles. The summed E-state index contributed by atoms with van der Waals surface area (Å²) in [5, 5.41) is 15.5. The molecule has 0 spiro atoms. The summed E-state index contributed by atoms with van der Waals surface area (Å²) in [7, 11) is 0. The van der Waals surface area contributed by atoms with Crippen LogP contribution in [0.15, 0.2) is 22.8 Å². The summed E-state index contributed by atoms with van der Waals surface area (Å²) in [6.07, 6.45) is 1.43. The van der Waals surface area contributed by atoms with Gasteiger partial charge in [0, 0.05) is 17.2 Å². The van der Waals surface area contributed by atoms with Crippen molar-refractivity contribution in [2.75, 3.05) is 5.73 Å². The number of aromatic nitrogens is 2. The van der Waals surface area contributed by atoms with Gasteiger partial charge in [0.1, 0.15) is 17.4 Å². The van der Waals surface area contributed by atoms with E-state index in [4.69, 9.17) is 5.73 Å². The Morgan fingerprint density at radius 1 is 1.40 bits per heavy atom. The summed E-state index contributed by atoms with van der Waals surface area (Å²) in [4.78, 5) is 0. The largest absolute Gasteiger partial charge is 0.507 e. The number of benzene rings is 1. The Bertz CT molecular complexity index is 512. The lowest BCUT2D eigenvalue weighted by atomic mass is 10.1. The Kier molecular flexibility index (Phi) is 2.36. The molecule has 1 heterocycles. The number of hydrogen-bond acceptors (Lipinski definition) is 3. The van der Waals surface area contributed by atoms with Gasteiger partial charge in [0.25, 0.3) is 0 Å². The molecule has 0 radical (unpaired) electrons. The van der Waals surface area contributed by atoms with E-state index in [-0.39, 0.29) is 17.1 Å². The van der Waals surface area contributed by atoms with Crippen LogP contribution in [-0.2, 0) is 0 Å². The smallest absolute Gasteiger partial charge is 0.134 e. The monoisotopic (exact) mass is 271 g/mol. The normalized spacial score (nSPS) is 10.5. The van der Waals surface area contributed by atoms with Crippen LogP contribution >= 0.6 is 15.9 Å². The molecule has 0 aliphatic carbocycles. The number of nitrogens with zero attached hydrogens (tertiary/aromatic N) is 1. The fraction of sp³-hybridized carbons (Fsp3) is 0. The van der Waals surface area contributed by atoms with E-state index in [0.29, 0.717) is 10.0 Å². The van der Waals surface area contributed by atoms with Gasteiger partial charge in [0.15, 0.2) is 0 Å². The Hall–Kier alpha value is -1.56. The summed E-state index contributed by atoms with van der Waals surface area (Å²) in [5.41, 5.74) is 6.32. The first-order chi connectivity index (χ1) is 7.09. The first-order valence-electron chi connectivity index (χ1n) is 4.07. The minimum absolute atomic E-state index is 0.154. The summed E-state index contributed by atoms with van der Waals surface area (Å²) in [6, 6.07) is 2.47. The van der Waals surface area contributed by atoms with Gasteiger partial charge in [0.05, 0.1) is 10.7 Å². The van der Waals surface area contributed by atoms with Gasteiger partial charge in [-0.25, -0.2) is 4.39 Å². The average Bonchev–Trinajstić information content (AvgIpc) is 2.58. The van der Waals surface area contributed by atoms with E-state index in [1.807, 2.05) is 0 Å². The lowest BCUT2D eigenvalue weighted by molar-refractivity contribution is 0.466. The molecule has 0 fully saturated rings. The third kappa shape index (κ3) is 1.68. The van der Waals surface area contributed by atoms with Crippen molar-refractivity contribution in [2.24, 2.45) is 0 Å². The molecule has 4 N–H and O–H groups in total. The molecular weight excluding hydrogens is 265 g/mol. The van der Waals surface area contributed by atoms with Crippen molar-refractivity contribution in [2.45, 2.75) is 0 Å². The maximum Gasteiger partial charge on any atom is 0.134 e. The van der Waals surface area contributed by atoms with Gasteiger partial charge in [0.2, 0.25) is 0 Å². The molecule has 2 rings (SSSR count). The quantitative estimate of drug-likeness (QED) is 0.745. The molecule has 78 valence electrons. The summed E-state index contributed by atoms with van der Waals surface area (Å²) in [5.74, 6) is -0.423. The number of anilines is 1. The maximum atomic E-state index is 13.5. The number of nitrogens with one attached hydrogen (secondary N) is 1. The molecule has 0 amide bonds. The first kappa shape index (κ1) is 9.97. The minimum atomic E-state index is -0.552. The zero-order valence-electron chi connectivity index (χ0n) is 7.46. The fourth-order valence-corrected chi connectivity index (χ4v) is 1.60. The van der Waals surface area contributed by atoms with Gasteiger partial charge in [-0.1, -0.05) is 0 Å². The van der Waals surface area contributed by atoms with E-state index >= 15 is 0 Å². The van der Waals surface area contributed by atoms with Crippen LogP contribution < -0.4 is 5.73 Å². The number of nitrogen functional groups attached to an aromatic ring is 1. The zero-order chi connectivity index (χ0) is 11.0. The molecule has 0 saturated heterocycles. The van der Waals surface area contributed by atoms with Crippen LogP contribution in [0.4, 0.5) is 10.2 Å². The van der Waals surface area contributed by atoms with Gasteiger partial charge in [-0.3, -0.25) is 5.10 Å². The van der Waals surface area contributed by atoms with Gasteiger partial charge in [-0.05, 0) is 22.0 Å². The van der Waals surface area contributed by atoms with Crippen molar-refractivity contribution in [3.63, 3.8) is 0 Å². The van der Waals surface area contributed by atoms with Gasteiger partial charge < -0.3 is 10.8 Å². The van der Waals surface area contributed by atoms with Crippen molar-refractivity contribution in [1.29, 1.82) is 0 Å². The van der Waals surface area contributed by atoms with E-state index in [2.05, 4.69) is 26.1 Å². The summed E-state index contributed by atoms with van der Waals surface area (Å²) >= 11 is 3.10. The molecule has 0 atom stereocenters. The predicted molar refractivity (Wildman–Crippen MR) is 57.8 cm³/mol. The van der Waals surface area contributed by atoms with E-state index in [1.165, 1.54) is 12.3 Å². The third-order valence-electron chi connectivity index (χ3n) is 2.00. The summed E-state index contributed by atoms with van der Waals surface area (Å²) in [6.45, 7) is 0. The molecule has 0 aliphatic heterocycles. The molecule has 4 nitrogen and oxygen atoms in total. The molecule has 0 unspecified atom stereocenters. The Labute approximate surface area is 93.1 Å². The second-order valence-electron chi connectivity index (χ2n) is 2.98. The summed E-state index contributed by atoms with van der Waals surface area (Å²) < 4.78 is 13.9. The van der Waals surface area contributed by atoms with E-state index in [1.54, 1.807) is 0 Å². The predicted octanol–water partition coefficient (Wildman–Crippen LogP) is 2.27. The van der Waals surface area contributed by atoms with Crippen LogP contribution in [0.2, 0.25) is 0 Å². The van der Waals surface area contributed by atoms with Crippen molar-refractivity contribution in [1.82, 2.24) is 10.2 Å². The zero-order valence-corrected chi connectivity index (χ0v) is 9.05. The van der Waals surface area contributed by atoms with Gasteiger partial charge in [-0.15, -0.1) is 0 Å². The number of H-pyrrole nitrogens is 1. The number of aromatic hydroxyl groups is 1. The van der Waals surface area contributed by atoms with Crippen molar-refractivity contribution >= 4 is 21.7 Å². The van der Waals surface area contributed by atoms with Crippen molar-refractivity contribution < 1.29 is 9.50 Å². The molecule has 2 aromatic rings. The Morgan fingerprint density at radius 2 is 2.13 bits per heavy atom. The Balaban J connectivity index is 2.64. The average molecular weight is 272 g/mol. The van der Waals surface area contributed by atoms with E-state index in [9.17, 15) is 9.50 Å². The van der Waals surface area contributed by atoms with Gasteiger partial charge in [-0.2, -0.15) is 5.10 Å². The number of nitrogens with two attached hydrogens (primary N) is 1. The number of hydrogen-bond donors (Lipinski definition) is 3. The Morgan fingerprint density at radius 3 is 2.73 bits per heavy atom. The highest BCUT2D eigenvalue weighted by Crippen LogP contribution is 2.33. The highest BCUT2D eigenvalue weighted by molar-refractivity contribution is 9.10. The van der Waals surface area contributed by atoms with Crippen molar-refractivity contribution in [3.05, 3.63) is 28.6 Å². The topological polar surface area (TPSA) is 74.9 Å². The highest BCUT2D eigenvalue weighted by atomic mass is 79.9.